The Morgan fingerprint density at radius 1 is 1.30 bits per heavy atom. The minimum atomic E-state index is -0.299. The number of rotatable bonds is 7. The van der Waals surface area contributed by atoms with E-state index in [9.17, 15) is 4.79 Å². The lowest BCUT2D eigenvalue weighted by molar-refractivity contribution is 0.102. The number of methoxy groups -OCH3 is 1. The molecule has 1 aliphatic heterocycles. The summed E-state index contributed by atoms with van der Waals surface area (Å²) in [6.07, 6.45) is 7.09. The van der Waals surface area contributed by atoms with Gasteiger partial charge in [0.05, 0.1) is 30.2 Å². The summed E-state index contributed by atoms with van der Waals surface area (Å²) in [7, 11) is 3.44. The summed E-state index contributed by atoms with van der Waals surface area (Å²) in [4.78, 5) is 24.5. The number of fused-ring (bicyclic) bond motifs is 1. The minimum Gasteiger partial charge on any atom is -0.494 e. The fraction of sp³-hybridized carbons (Fsp3) is 0.429. The molecule has 2 aliphatic rings. The molecule has 1 saturated carbocycles. The predicted octanol–water partition coefficient (Wildman–Crippen LogP) is 2.09. The van der Waals surface area contributed by atoms with E-state index in [1.54, 1.807) is 18.0 Å². The molecular weight excluding hydrogens is 382 g/mol. The number of anilines is 2. The van der Waals surface area contributed by atoms with Gasteiger partial charge in [0.25, 0.3) is 5.91 Å². The van der Waals surface area contributed by atoms with Crippen molar-refractivity contribution >= 4 is 28.3 Å². The van der Waals surface area contributed by atoms with E-state index in [-0.39, 0.29) is 5.91 Å². The van der Waals surface area contributed by atoms with Crippen LogP contribution in [0.15, 0.2) is 24.5 Å². The van der Waals surface area contributed by atoms with Gasteiger partial charge in [-0.25, -0.2) is 9.97 Å². The quantitative estimate of drug-likeness (QED) is 0.619. The van der Waals surface area contributed by atoms with Crippen molar-refractivity contribution in [3.63, 3.8) is 0 Å². The highest BCUT2D eigenvalue weighted by atomic mass is 16.5. The zero-order valence-electron chi connectivity index (χ0n) is 17.2. The number of hydrogen-bond donors (Lipinski definition) is 2. The van der Waals surface area contributed by atoms with Gasteiger partial charge in [-0.1, -0.05) is 0 Å². The molecule has 9 nitrogen and oxygen atoms in total. The first-order valence-corrected chi connectivity index (χ1v) is 10.3. The topological polar surface area (TPSA) is 97.2 Å². The van der Waals surface area contributed by atoms with Crippen LogP contribution in [-0.4, -0.2) is 51.9 Å². The zero-order valence-corrected chi connectivity index (χ0v) is 17.2. The van der Waals surface area contributed by atoms with Crippen molar-refractivity contribution in [2.24, 2.45) is 7.05 Å². The summed E-state index contributed by atoms with van der Waals surface area (Å²) in [6, 6.07) is 4.20. The molecule has 2 aromatic heterocycles. The van der Waals surface area contributed by atoms with Gasteiger partial charge in [0.2, 0.25) is 0 Å². The first-order valence-electron chi connectivity index (χ1n) is 10.3. The van der Waals surface area contributed by atoms with Gasteiger partial charge in [-0.05, 0) is 25.3 Å². The van der Waals surface area contributed by atoms with Gasteiger partial charge in [-0.2, -0.15) is 5.10 Å². The van der Waals surface area contributed by atoms with Crippen LogP contribution in [0.2, 0.25) is 0 Å². The van der Waals surface area contributed by atoms with E-state index in [1.165, 1.54) is 12.8 Å². The summed E-state index contributed by atoms with van der Waals surface area (Å²) in [5.74, 6) is 1.09. The fourth-order valence-electron chi connectivity index (χ4n) is 3.58. The lowest BCUT2D eigenvalue weighted by Gasteiger charge is -2.32. The number of hydrogen-bond acceptors (Lipinski definition) is 7. The van der Waals surface area contributed by atoms with Crippen molar-refractivity contribution in [2.45, 2.75) is 31.8 Å². The van der Waals surface area contributed by atoms with Crippen LogP contribution in [-0.2, 0) is 13.6 Å². The van der Waals surface area contributed by atoms with E-state index >= 15 is 0 Å². The van der Waals surface area contributed by atoms with Gasteiger partial charge in [0.1, 0.15) is 11.6 Å². The summed E-state index contributed by atoms with van der Waals surface area (Å²) in [5.41, 5.74) is 2.39. The number of carbonyl (C=O) groups excluding carboxylic acids is 1. The number of carbonyl (C=O) groups is 1. The molecule has 156 valence electrons. The van der Waals surface area contributed by atoms with Gasteiger partial charge in [0.15, 0.2) is 5.69 Å². The molecule has 3 heterocycles. The van der Waals surface area contributed by atoms with Crippen LogP contribution >= 0.6 is 0 Å². The van der Waals surface area contributed by atoms with Crippen molar-refractivity contribution in [3.05, 3.63) is 35.9 Å². The Hall–Kier alpha value is -3.20. The number of aryl methyl sites for hydroxylation is 1. The Bertz CT molecular complexity index is 1100. The van der Waals surface area contributed by atoms with Crippen molar-refractivity contribution in [3.8, 4) is 5.75 Å². The lowest BCUT2D eigenvalue weighted by atomic mass is 10.2. The van der Waals surface area contributed by atoms with Gasteiger partial charge < -0.3 is 20.3 Å². The average molecular weight is 407 g/mol. The van der Waals surface area contributed by atoms with E-state index in [4.69, 9.17) is 9.72 Å². The first kappa shape index (κ1) is 18.8. The highest BCUT2D eigenvalue weighted by Crippen LogP contribution is 2.30. The minimum absolute atomic E-state index is 0.299. The molecule has 1 aliphatic carbocycles. The monoisotopic (exact) mass is 407 g/mol. The van der Waals surface area contributed by atoms with E-state index in [2.05, 4.69) is 25.6 Å². The van der Waals surface area contributed by atoms with Crippen LogP contribution < -0.4 is 20.3 Å². The van der Waals surface area contributed by atoms with Crippen LogP contribution in [0.1, 0.15) is 35.4 Å². The normalized spacial score (nSPS) is 15.9. The molecule has 2 fully saturated rings. The van der Waals surface area contributed by atoms with Crippen LogP contribution in [0.4, 0.5) is 11.5 Å². The van der Waals surface area contributed by atoms with Crippen molar-refractivity contribution in [1.82, 2.24) is 25.1 Å². The summed E-state index contributed by atoms with van der Waals surface area (Å²) >= 11 is 0. The maximum Gasteiger partial charge on any atom is 0.276 e. The molecule has 1 aromatic carbocycles. The molecule has 9 heteroatoms. The van der Waals surface area contributed by atoms with Crippen molar-refractivity contribution in [1.29, 1.82) is 0 Å². The van der Waals surface area contributed by atoms with Crippen LogP contribution in [0, 0.1) is 0 Å². The molecule has 0 atom stereocenters. The second-order valence-corrected chi connectivity index (χ2v) is 7.89. The highest BCUT2D eigenvalue weighted by Gasteiger charge is 2.25. The Morgan fingerprint density at radius 3 is 2.83 bits per heavy atom. The van der Waals surface area contributed by atoms with E-state index in [1.807, 2.05) is 25.4 Å². The number of amides is 1. The molecule has 1 saturated heterocycles. The fourth-order valence-corrected chi connectivity index (χ4v) is 3.58. The first-order chi connectivity index (χ1) is 14.6. The molecule has 0 spiro atoms. The SMILES string of the molecule is COc1cc2nn(C)cc2cc1NC(=O)c1ncc(N2CCC2)nc1CNC1CC1. The third-order valence-corrected chi connectivity index (χ3v) is 5.55. The van der Waals surface area contributed by atoms with E-state index in [0.29, 0.717) is 35.4 Å². The highest BCUT2D eigenvalue weighted by molar-refractivity contribution is 6.05. The Kier molecular flexibility index (Phi) is 4.74. The Morgan fingerprint density at radius 2 is 2.13 bits per heavy atom. The van der Waals surface area contributed by atoms with E-state index in [0.717, 1.165) is 36.2 Å². The summed E-state index contributed by atoms with van der Waals surface area (Å²) in [5, 5.41) is 11.7. The van der Waals surface area contributed by atoms with Crippen molar-refractivity contribution in [2.75, 3.05) is 30.4 Å². The van der Waals surface area contributed by atoms with Gasteiger partial charge in [0, 0.05) is 50.4 Å². The molecule has 0 unspecified atom stereocenters. The van der Waals surface area contributed by atoms with Crippen molar-refractivity contribution < 1.29 is 9.53 Å². The second-order valence-electron chi connectivity index (χ2n) is 7.89. The van der Waals surface area contributed by atoms with E-state index < -0.39 is 0 Å². The molecule has 1 amide bonds. The summed E-state index contributed by atoms with van der Waals surface area (Å²) in [6.45, 7) is 2.50. The third-order valence-electron chi connectivity index (χ3n) is 5.55. The lowest BCUT2D eigenvalue weighted by Crippen LogP contribution is -2.38. The van der Waals surface area contributed by atoms with Gasteiger partial charge in [-0.15, -0.1) is 0 Å². The standard InChI is InChI=1S/C21H25N7O2/c1-27-12-13-8-16(18(30-2)9-15(13)26-27)25-21(29)20-17(10-22-14-4-5-14)24-19(11-23-20)28-6-3-7-28/h8-9,11-12,14,22H,3-7,10H2,1-2H3,(H,25,29). The predicted molar refractivity (Wildman–Crippen MR) is 114 cm³/mol. The summed E-state index contributed by atoms with van der Waals surface area (Å²) < 4.78 is 7.20. The number of benzene rings is 1. The van der Waals surface area contributed by atoms with Crippen LogP contribution in [0.25, 0.3) is 10.9 Å². The molecule has 0 radical (unpaired) electrons. The Labute approximate surface area is 174 Å². The second kappa shape index (κ2) is 7.56. The maximum atomic E-state index is 13.1. The largest absolute Gasteiger partial charge is 0.494 e. The average Bonchev–Trinajstić information content (AvgIpc) is 3.44. The third kappa shape index (κ3) is 3.68. The smallest absolute Gasteiger partial charge is 0.276 e. The number of ether oxygens (including phenoxy) is 1. The molecule has 5 rings (SSSR count). The molecule has 30 heavy (non-hydrogen) atoms. The van der Waals surface area contributed by atoms with Crippen LogP contribution in [0.3, 0.4) is 0 Å². The Balaban J connectivity index is 1.43. The zero-order chi connectivity index (χ0) is 20.7. The number of nitrogens with zero attached hydrogens (tertiary/aromatic N) is 5. The molecular formula is C21H25N7O2. The maximum absolute atomic E-state index is 13.1. The van der Waals surface area contributed by atoms with Gasteiger partial charge in [-0.3, -0.25) is 9.48 Å². The molecule has 0 bridgehead atoms. The number of aromatic nitrogens is 4. The van der Waals surface area contributed by atoms with Crippen LogP contribution in [0.5, 0.6) is 5.75 Å². The number of nitrogens with one attached hydrogen (secondary N) is 2. The molecule has 3 aromatic rings. The molecule has 2 N–H and O–H groups in total. The van der Waals surface area contributed by atoms with Gasteiger partial charge >= 0.3 is 0 Å².